The highest BCUT2D eigenvalue weighted by Crippen LogP contribution is 2.32. The molecule has 0 spiro atoms. The smallest absolute Gasteiger partial charge is 0.120 e. The fourth-order valence-electron chi connectivity index (χ4n) is 1.59. The van der Waals surface area contributed by atoms with E-state index in [0.717, 1.165) is 5.75 Å². The highest BCUT2D eigenvalue weighted by atomic mass is 79.9. The van der Waals surface area contributed by atoms with Gasteiger partial charge in [0.05, 0.1) is 0 Å². The van der Waals surface area contributed by atoms with Crippen molar-refractivity contribution in [2.45, 2.75) is 13.8 Å². The summed E-state index contributed by atoms with van der Waals surface area (Å²) in [6.45, 7) is 5.45. The highest BCUT2D eigenvalue weighted by molar-refractivity contribution is 8.93. The van der Waals surface area contributed by atoms with E-state index in [9.17, 15) is 0 Å². The van der Waals surface area contributed by atoms with Crippen molar-refractivity contribution in [3.05, 3.63) is 28.6 Å². The van der Waals surface area contributed by atoms with Gasteiger partial charge < -0.3 is 10.5 Å². The number of benzene rings is 1. The molecule has 1 aromatic heterocycles. The largest absolute Gasteiger partial charge is 0.492 e. The first-order chi connectivity index (χ1) is 7.22. The van der Waals surface area contributed by atoms with Gasteiger partial charge in [0.15, 0.2) is 0 Å². The lowest BCUT2D eigenvalue weighted by molar-refractivity contribution is 0.329. The molecule has 2 rings (SSSR count). The van der Waals surface area contributed by atoms with Crippen LogP contribution in [0.2, 0.25) is 0 Å². The Bertz CT molecular complexity index is 481. The second kappa shape index (κ2) is 5.66. The maximum absolute atomic E-state index is 5.49. The van der Waals surface area contributed by atoms with Gasteiger partial charge in [-0.05, 0) is 43.0 Å². The summed E-state index contributed by atoms with van der Waals surface area (Å²) in [5.74, 6) is 0.911. The van der Waals surface area contributed by atoms with Crippen LogP contribution in [0.25, 0.3) is 10.1 Å². The molecule has 0 radical (unpaired) electrons. The van der Waals surface area contributed by atoms with E-state index in [1.807, 2.05) is 17.4 Å². The lowest BCUT2D eigenvalue weighted by Gasteiger charge is -2.03. The van der Waals surface area contributed by atoms with Crippen LogP contribution in [0.1, 0.15) is 10.4 Å². The number of thiophene rings is 1. The normalized spacial score (nSPS) is 10.2. The molecule has 0 bridgehead atoms. The molecular weight excluding hydrogens is 286 g/mol. The Morgan fingerprint density at radius 3 is 2.75 bits per heavy atom. The summed E-state index contributed by atoms with van der Waals surface area (Å²) in [5, 5.41) is 1.33. The van der Waals surface area contributed by atoms with Crippen LogP contribution in [0.15, 0.2) is 18.2 Å². The summed E-state index contributed by atoms with van der Waals surface area (Å²) < 4.78 is 6.79. The molecule has 88 valence electrons. The molecule has 1 aromatic carbocycles. The molecule has 0 saturated carbocycles. The quantitative estimate of drug-likeness (QED) is 0.942. The number of aryl methyl sites for hydroxylation is 2. The summed E-state index contributed by atoms with van der Waals surface area (Å²) in [4.78, 5) is 1.38. The van der Waals surface area contributed by atoms with E-state index in [1.54, 1.807) is 0 Å². The molecule has 1 heterocycles. The molecule has 2 aromatic rings. The lowest BCUT2D eigenvalue weighted by atomic mass is 10.1. The Morgan fingerprint density at radius 2 is 2.06 bits per heavy atom. The lowest BCUT2D eigenvalue weighted by Crippen LogP contribution is -2.10. The van der Waals surface area contributed by atoms with Crippen molar-refractivity contribution in [1.29, 1.82) is 0 Å². The van der Waals surface area contributed by atoms with Gasteiger partial charge in [-0.3, -0.25) is 0 Å². The Kier molecular flexibility index (Phi) is 4.77. The Balaban J connectivity index is 0.00000128. The van der Waals surface area contributed by atoms with E-state index >= 15 is 0 Å². The zero-order chi connectivity index (χ0) is 10.8. The number of rotatable bonds is 3. The van der Waals surface area contributed by atoms with Gasteiger partial charge in [0, 0.05) is 16.1 Å². The summed E-state index contributed by atoms with van der Waals surface area (Å²) in [6.07, 6.45) is 0. The second-order valence-electron chi connectivity index (χ2n) is 3.58. The molecule has 0 atom stereocenters. The molecule has 2 N–H and O–H groups in total. The van der Waals surface area contributed by atoms with Gasteiger partial charge in [0.25, 0.3) is 0 Å². The Morgan fingerprint density at radius 1 is 1.31 bits per heavy atom. The van der Waals surface area contributed by atoms with Gasteiger partial charge in [-0.25, -0.2) is 0 Å². The molecule has 0 aliphatic heterocycles. The van der Waals surface area contributed by atoms with Crippen molar-refractivity contribution in [3.8, 4) is 5.75 Å². The van der Waals surface area contributed by atoms with Crippen molar-refractivity contribution in [2.75, 3.05) is 13.2 Å². The van der Waals surface area contributed by atoms with E-state index in [4.69, 9.17) is 10.5 Å². The third-order valence-corrected chi connectivity index (χ3v) is 3.70. The minimum absolute atomic E-state index is 0. The van der Waals surface area contributed by atoms with Gasteiger partial charge in [0.1, 0.15) is 12.4 Å². The van der Waals surface area contributed by atoms with E-state index in [0.29, 0.717) is 13.2 Å². The third kappa shape index (κ3) is 2.56. The van der Waals surface area contributed by atoms with Crippen LogP contribution in [-0.2, 0) is 0 Å². The summed E-state index contributed by atoms with van der Waals surface area (Å²) in [6, 6.07) is 6.23. The van der Waals surface area contributed by atoms with Gasteiger partial charge in [-0.2, -0.15) is 0 Å². The topological polar surface area (TPSA) is 35.2 Å². The van der Waals surface area contributed by atoms with Gasteiger partial charge in [-0.1, -0.05) is 0 Å². The summed E-state index contributed by atoms with van der Waals surface area (Å²) in [5.41, 5.74) is 6.77. The molecule has 2 nitrogen and oxygen atoms in total. The number of ether oxygens (including phenoxy) is 1. The molecule has 0 amide bonds. The van der Waals surface area contributed by atoms with E-state index in [-0.39, 0.29) is 17.0 Å². The number of halogens is 1. The predicted molar refractivity (Wildman–Crippen MR) is 76.2 cm³/mol. The highest BCUT2D eigenvalue weighted by Gasteiger charge is 2.05. The predicted octanol–water partition coefficient (Wildman–Crippen LogP) is 3.43. The van der Waals surface area contributed by atoms with Crippen LogP contribution < -0.4 is 10.5 Å². The monoisotopic (exact) mass is 301 g/mol. The van der Waals surface area contributed by atoms with Crippen LogP contribution in [0.4, 0.5) is 0 Å². The van der Waals surface area contributed by atoms with Crippen molar-refractivity contribution in [3.63, 3.8) is 0 Å². The molecule has 4 heteroatoms. The van der Waals surface area contributed by atoms with Gasteiger partial charge in [-0.15, -0.1) is 28.3 Å². The van der Waals surface area contributed by atoms with Crippen molar-refractivity contribution in [2.24, 2.45) is 5.73 Å². The van der Waals surface area contributed by atoms with Crippen LogP contribution in [0.5, 0.6) is 5.75 Å². The number of nitrogens with two attached hydrogens (primary N) is 1. The molecule has 16 heavy (non-hydrogen) atoms. The molecule has 0 fully saturated rings. The fraction of sp³-hybridized carbons (Fsp3) is 0.333. The number of fused-ring (bicyclic) bond motifs is 1. The average molecular weight is 302 g/mol. The van der Waals surface area contributed by atoms with Gasteiger partial charge >= 0.3 is 0 Å². The number of hydrogen-bond acceptors (Lipinski definition) is 3. The fourth-order valence-corrected chi connectivity index (χ4v) is 2.69. The molecule has 0 aliphatic carbocycles. The number of hydrogen-bond donors (Lipinski definition) is 1. The molecule has 0 aliphatic rings. The molecule has 0 unspecified atom stereocenters. The van der Waals surface area contributed by atoms with E-state index < -0.39 is 0 Å². The maximum atomic E-state index is 5.49. The second-order valence-corrected chi connectivity index (χ2v) is 4.83. The van der Waals surface area contributed by atoms with Gasteiger partial charge in [0.2, 0.25) is 0 Å². The van der Waals surface area contributed by atoms with E-state index in [1.165, 1.54) is 20.5 Å². The first kappa shape index (κ1) is 13.5. The van der Waals surface area contributed by atoms with Crippen LogP contribution in [0.3, 0.4) is 0 Å². The van der Waals surface area contributed by atoms with Crippen molar-refractivity contribution >= 4 is 38.4 Å². The van der Waals surface area contributed by atoms with Crippen molar-refractivity contribution < 1.29 is 4.74 Å². The third-order valence-electron chi connectivity index (χ3n) is 2.53. The molecule has 0 saturated heterocycles. The maximum Gasteiger partial charge on any atom is 0.120 e. The standard InChI is InChI=1S/C12H15NOS.BrH/c1-8-9(2)15-12-7-10(14-6-5-13)3-4-11(8)12;/h3-4,7H,5-6,13H2,1-2H3;1H. The Labute approximate surface area is 110 Å². The summed E-state index contributed by atoms with van der Waals surface area (Å²) >= 11 is 1.82. The minimum Gasteiger partial charge on any atom is -0.492 e. The Hall–Kier alpha value is -0.580. The summed E-state index contributed by atoms with van der Waals surface area (Å²) in [7, 11) is 0. The average Bonchev–Trinajstić information content (AvgIpc) is 2.52. The minimum atomic E-state index is 0. The SMILES string of the molecule is Br.Cc1sc2cc(OCCN)ccc2c1C. The first-order valence-electron chi connectivity index (χ1n) is 5.05. The first-order valence-corrected chi connectivity index (χ1v) is 5.86. The van der Waals surface area contributed by atoms with Crippen LogP contribution in [-0.4, -0.2) is 13.2 Å². The zero-order valence-corrected chi connectivity index (χ0v) is 12.0. The van der Waals surface area contributed by atoms with E-state index in [2.05, 4.69) is 26.0 Å². The van der Waals surface area contributed by atoms with Crippen LogP contribution >= 0.6 is 28.3 Å². The van der Waals surface area contributed by atoms with Crippen LogP contribution in [0, 0.1) is 13.8 Å². The molecular formula is C12H16BrNOS. The van der Waals surface area contributed by atoms with Crippen molar-refractivity contribution in [1.82, 2.24) is 0 Å². The zero-order valence-electron chi connectivity index (χ0n) is 9.45.